The molecular formula is C15H24N2O3. The maximum absolute atomic E-state index is 11.8. The monoisotopic (exact) mass is 280 g/mol. The maximum atomic E-state index is 11.8. The van der Waals surface area contributed by atoms with Crippen LogP contribution in [-0.4, -0.2) is 30.4 Å². The Morgan fingerprint density at radius 1 is 1.40 bits per heavy atom. The van der Waals surface area contributed by atoms with Crippen LogP contribution in [0.4, 0.5) is 10.5 Å². The molecule has 1 rings (SSSR count). The number of carbonyl (C=O) groups is 1. The Morgan fingerprint density at radius 2 is 2.10 bits per heavy atom. The molecule has 2 amide bonds. The fourth-order valence-corrected chi connectivity index (χ4v) is 1.72. The molecule has 0 bridgehead atoms. The normalized spacial score (nSPS) is 13.4. The van der Waals surface area contributed by atoms with E-state index in [4.69, 9.17) is 9.84 Å². The zero-order valence-corrected chi connectivity index (χ0v) is 12.6. The molecule has 0 radical (unpaired) electrons. The van der Waals surface area contributed by atoms with Crippen molar-refractivity contribution in [2.24, 2.45) is 5.92 Å². The van der Waals surface area contributed by atoms with Gasteiger partial charge in [0.2, 0.25) is 0 Å². The van der Waals surface area contributed by atoms with Gasteiger partial charge in [0.25, 0.3) is 0 Å². The van der Waals surface area contributed by atoms with Crippen LogP contribution in [0.3, 0.4) is 0 Å². The van der Waals surface area contributed by atoms with E-state index in [1.54, 1.807) is 6.07 Å². The van der Waals surface area contributed by atoms with E-state index in [0.29, 0.717) is 12.3 Å². The molecule has 5 nitrogen and oxygen atoms in total. The van der Waals surface area contributed by atoms with Crippen molar-refractivity contribution < 1.29 is 14.6 Å². The quantitative estimate of drug-likeness (QED) is 0.750. The molecule has 1 aromatic carbocycles. The molecule has 5 heteroatoms. The zero-order valence-electron chi connectivity index (χ0n) is 12.6. The number of benzene rings is 1. The third kappa shape index (κ3) is 4.74. The number of hydrogen-bond donors (Lipinski definition) is 3. The number of anilines is 1. The van der Waals surface area contributed by atoms with E-state index in [9.17, 15) is 4.79 Å². The summed E-state index contributed by atoms with van der Waals surface area (Å²) in [4.78, 5) is 11.8. The average molecular weight is 280 g/mol. The van der Waals surface area contributed by atoms with Crippen LogP contribution in [-0.2, 0) is 0 Å². The second kappa shape index (κ2) is 7.75. The summed E-state index contributed by atoms with van der Waals surface area (Å²) in [6.07, 6.45) is 0. The fourth-order valence-electron chi connectivity index (χ4n) is 1.72. The first-order valence-corrected chi connectivity index (χ1v) is 6.89. The Balaban J connectivity index is 2.60. The van der Waals surface area contributed by atoms with Gasteiger partial charge in [-0.25, -0.2) is 4.79 Å². The minimum Gasteiger partial charge on any atom is -0.494 e. The standard InChI is InChI=1S/C15H24N2O3/c1-5-20-14-7-6-13(8-10(14)2)17-15(19)16-12(4)11(3)9-18/h6-8,11-12,18H,5,9H2,1-4H3,(H2,16,17,19)/t11-,12+/m1/s1. The first-order valence-electron chi connectivity index (χ1n) is 6.89. The lowest BCUT2D eigenvalue weighted by molar-refractivity contribution is 0.204. The van der Waals surface area contributed by atoms with Crippen LogP contribution < -0.4 is 15.4 Å². The third-order valence-electron chi connectivity index (χ3n) is 3.23. The molecule has 0 spiro atoms. The van der Waals surface area contributed by atoms with Crippen LogP contribution in [0.5, 0.6) is 5.75 Å². The second-order valence-corrected chi connectivity index (χ2v) is 4.96. The Hall–Kier alpha value is -1.75. The predicted molar refractivity (Wildman–Crippen MR) is 80.2 cm³/mol. The minimum absolute atomic E-state index is 0.0165. The van der Waals surface area contributed by atoms with E-state index in [1.807, 2.05) is 39.8 Å². The van der Waals surface area contributed by atoms with Crippen LogP contribution in [0.25, 0.3) is 0 Å². The number of ether oxygens (including phenoxy) is 1. The summed E-state index contributed by atoms with van der Waals surface area (Å²) in [5, 5.41) is 14.6. The Labute approximate surface area is 120 Å². The van der Waals surface area contributed by atoms with Crippen LogP contribution in [0.1, 0.15) is 26.3 Å². The summed E-state index contributed by atoms with van der Waals surface area (Å²) >= 11 is 0. The Bertz CT molecular complexity index is 449. The molecule has 0 heterocycles. The van der Waals surface area contributed by atoms with E-state index in [-0.39, 0.29) is 24.6 Å². The number of aryl methyl sites for hydroxylation is 1. The van der Waals surface area contributed by atoms with Crippen molar-refractivity contribution in [2.75, 3.05) is 18.5 Å². The first-order chi connectivity index (χ1) is 9.47. The third-order valence-corrected chi connectivity index (χ3v) is 3.23. The van der Waals surface area contributed by atoms with Crippen LogP contribution >= 0.6 is 0 Å². The fraction of sp³-hybridized carbons (Fsp3) is 0.533. The highest BCUT2D eigenvalue weighted by molar-refractivity contribution is 5.89. The van der Waals surface area contributed by atoms with Crippen LogP contribution in [0.2, 0.25) is 0 Å². The minimum atomic E-state index is -0.277. The van der Waals surface area contributed by atoms with Crippen molar-refractivity contribution in [3.05, 3.63) is 23.8 Å². The lowest BCUT2D eigenvalue weighted by Gasteiger charge is -2.19. The molecule has 0 saturated heterocycles. The van der Waals surface area contributed by atoms with Gasteiger partial charge in [-0.2, -0.15) is 0 Å². The summed E-state index contributed by atoms with van der Waals surface area (Å²) in [5.74, 6) is 0.837. The summed E-state index contributed by atoms with van der Waals surface area (Å²) < 4.78 is 5.45. The van der Waals surface area contributed by atoms with Gasteiger partial charge in [0.05, 0.1) is 6.61 Å². The number of aliphatic hydroxyl groups is 1. The highest BCUT2D eigenvalue weighted by atomic mass is 16.5. The smallest absolute Gasteiger partial charge is 0.319 e. The molecule has 2 atom stereocenters. The van der Waals surface area contributed by atoms with Gasteiger partial charge in [0.1, 0.15) is 5.75 Å². The largest absolute Gasteiger partial charge is 0.494 e. The van der Waals surface area contributed by atoms with Gasteiger partial charge in [-0.15, -0.1) is 0 Å². The SMILES string of the molecule is CCOc1ccc(NC(=O)N[C@@H](C)[C@H](C)CO)cc1C. The van der Waals surface area contributed by atoms with Crippen molar-refractivity contribution in [3.63, 3.8) is 0 Å². The molecule has 3 N–H and O–H groups in total. The molecule has 0 aliphatic rings. The van der Waals surface area contributed by atoms with E-state index in [0.717, 1.165) is 11.3 Å². The number of rotatable bonds is 6. The van der Waals surface area contributed by atoms with Gasteiger partial charge in [0.15, 0.2) is 0 Å². The molecule has 0 fully saturated rings. The topological polar surface area (TPSA) is 70.6 Å². The van der Waals surface area contributed by atoms with Gasteiger partial charge < -0.3 is 20.5 Å². The zero-order chi connectivity index (χ0) is 15.1. The number of hydrogen-bond acceptors (Lipinski definition) is 3. The Kier molecular flexibility index (Phi) is 6.31. The van der Waals surface area contributed by atoms with Crippen LogP contribution in [0, 0.1) is 12.8 Å². The first kappa shape index (κ1) is 16.3. The highest BCUT2D eigenvalue weighted by Crippen LogP contribution is 2.21. The van der Waals surface area contributed by atoms with Gasteiger partial charge in [-0.05, 0) is 50.5 Å². The van der Waals surface area contributed by atoms with Crippen molar-refractivity contribution in [2.45, 2.75) is 33.7 Å². The van der Waals surface area contributed by atoms with E-state index in [1.165, 1.54) is 0 Å². The van der Waals surface area contributed by atoms with Crippen molar-refractivity contribution in [1.29, 1.82) is 0 Å². The van der Waals surface area contributed by atoms with E-state index in [2.05, 4.69) is 10.6 Å². The molecule has 0 saturated carbocycles. The Morgan fingerprint density at radius 3 is 2.65 bits per heavy atom. The van der Waals surface area contributed by atoms with Gasteiger partial charge in [0, 0.05) is 18.3 Å². The molecule has 0 unspecified atom stereocenters. The summed E-state index contributed by atoms with van der Waals surface area (Å²) in [6, 6.07) is 5.14. The number of nitrogens with one attached hydrogen (secondary N) is 2. The summed E-state index contributed by atoms with van der Waals surface area (Å²) in [6.45, 7) is 8.28. The molecule has 0 aromatic heterocycles. The van der Waals surface area contributed by atoms with Crippen molar-refractivity contribution in [3.8, 4) is 5.75 Å². The average Bonchev–Trinajstić information content (AvgIpc) is 2.40. The molecule has 1 aromatic rings. The summed E-state index contributed by atoms with van der Waals surface area (Å²) in [5.41, 5.74) is 1.69. The molecule has 0 aliphatic carbocycles. The van der Waals surface area contributed by atoms with E-state index < -0.39 is 0 Å². The van der Waals surface area contributed by atoms with Gasteiger partial charge in [-0.1, -0.05) is 6.92 Å². The lowest BCUT2D eigenvalue weighted by atomic mass is 10.1. The summed E-state index contributed by atoms with van der Waals surface area (Å²) in [7, 11) is 0. The van der Waals surface area contributed by atoms with Gasteiger partial charge in [-0.3, -0.25) is 0 Å². The number of carbonyl (C=O) groups excluding carboxylic acids is 1. The van der Waals surface area contributed by atoms with Crippen LogP contribution in [0.15, 0.2) is 18.2 Å². The second-order valence-electron chi connectivity index (χ2n) is 4.96. The maximum Gasteiger partial charge on any atom is 0.319 e. The number of amides is 2. The molecular weight excluding hydrogens is 256 g/mol. The molecule has 0 aliphatic heterocycles. The lowest BCUT2D eigenvalue weighted by Crippen LogP contribution is -2.40. The van der Waals surface area contributed by atoms with E-state index >= 15 is 0 Å². The van der Waals surface area contributed by atoms with Crippen molar-refractivity contribution >= 4 is 11.7 Å². The number of aliphatic hydroxyl groups excluding tert-OH is 1. The molecule has 112 valence electrons. The van der Waals surface area contributed by atoms with Crippen molar-refractivity contribution in [1.82, 2.24) is 5.32 Å². The van der Waals surface area contributed by atoms with Gasteiger partial charge >= 0.3 is 6.03 Å². The highest BCUT2D eigenvalue weighted by Gasteiger charge is 2.14. The molecule has 20 heavy (non-hydrogen) atoms. The number of urea groups is 1. The predicted octanol–water partition coefficient (Wildman–Crippen LogP) is 2.53.